The van der Waals surface area contributed by atoms with Crippen LogP contribution in [-0.2, 0) is 6.54 Å². The molecule has 110 valence electrons. The molecule has 2 aromatic carbocycles. The van der Waals surface area contributed by atoms with Crippen LogP contribution >= 0.6 is 0 Å². The van der Waals surface area contributed by atoms with E-state index in [9.17, 15) is 0 Å². The van der Waals surface area contributed by atoms with Crippen molar-refractivity contribution in [2.24, 2.45) is 5.73 Å². The molecule has 1 aliphatic rings. The summed E-state index contributed by atoms with van der Waals surface area (Å²) in [6.07, 6.45) is 2.21. The summed E-state index contributed by atoms with van der Waals surface area (Å²) in [4.78, 5) is 2.34. The summed E-state index contributed by atoms with van der Waals surface area (Å²) < 4.78 is 5.85. The second-order valence-electron chi connectivity index (χ2n) is 5.51. The molecule has 0 unspecified atom stereocenters. The highest BCUT2D eigenvalue weighted by atomic mass is 16.5. The topological polar surface area (TPSA) is 38.5 Å². The van der Waals surface area contributed by atoms with Crippen LogP contribution in [0.1, 0.15) is 18.4 Å². The predicted octanol–water partition coefficient (Wildman–Crippen LogP) is 3.24. The molecule has 0 bridgehead atoms. The molecule has 2 N–H and O–H groups in total. The van der Waals surface area contributed by atoms with Crippen LogP contribution in [0.3, 0.4) is 0 Å². The van der Waals surface area contributed by atoms with E-state index in [1.54, 1.807) is 0 Å². The van der Waals surface area contributed by atoms with Crippen LogP contribution in [0.25, 0.3) is 11.1 Å². The average Bonchev–Trinajstić information content (AvgIpc) is 2.55. The van der Waals surface area contributed by atoms with Gasteiger partial charge in [0.15, 0.2) is 0 Å². The number of benzene rings is 2. The third-order valence-corrected chi connectivity index (χ3v) is 3.89. The summed E-state index contributed by atoms with van der Waals surface area (Å²) in [6, 6.07) is 17.0. The Kier molecular flexibility index (Phi) is 4.53. The zero-order chi connectivity index (χ0) is 14.5. The van der Waals surface area contributed by atoms with E-state index in [0.29, 0.717) is 6.73 Å². The largest absolute Gasteiger partial charge is 0.478 e. The molecule has 0 spiro atoms. The van der Waals surface area contributed by atoms with Crippen molar-refractivity contribution in [2.45, 2.75) is 19.4 Å². The average molecular weight is 282 g/mol. The third kappa shape index (κ3) is 3.43. The van der Waals surface area contributed by atoms with Crippen LogP contribution < -0.4 is 10.5 Å². The lowest BCUT2D eigenvalue weighted by Crippen LogP contribution is -2.33. The minimum absolute atomic E-state index is 0.683. The summed E-state index contributed by atoms with van der Waals surface area (Å²) in [7, 11) is 0. The highest BCUT2D eigenvalue weighted by Crippen LogP contribution is 2.30. The molecular weight excluding hydrogens is 260 g/mol. The fourth-order valence-electron chi connectivity index (χ4n) is 2.72. The van der Waals surface area contributed by atoms with Crippen molar-refractivity contribution in [1.29, 1.82) is 0 Å². The maximum Gasteiger partial charge on any atom is 0.142 e. The van der Waals surface area contributed by atoms with Gasteiger partial charge in [0, 0.05) is 18.7 Å². The first-order valence-electron chi connectivity index (χ1n) is 7.60. The van der Waals surface area contributed by atoms with Gasteiger partial charge in [-0.25, -0.2) is 0 Å². The minimum Gasteiger partial charge on any atom is -0.478 e. The Labute approximate surface area is 126 Å². The number of hydrogen-bond acceptors (Lipinski definition) is 3. The quantitative estimate of drug-likeness (QED) is 0.856. The zero-order valence-corrected chi connectivity index (χ0v) is 12.3. The smallest absolute Gasteiger partial charge is 0.142 e. The second-order valence-corrected chi connectivity index (χ2v) is 5.51. The van der Waals surface area contributed by atoms with Crippen LogP contribution in [0.4, 0.5) is 0 Å². The summed E-state index contributed by atoms with van der Waals surface area (Å²) in [5, 5.41) is 0. The van der Waals surface area contributed by atoms with Gasteiger partial charge in [-0.15, -0.1) is 0 Å². The first-order chi connectivity index (χ1) is 10.4. The maximum atomic E-state index is 5.85. The van der Waals surface area contributed by atoms with Crippen LogP contribution in [0.15, 0.2) is 48.5 Å². The van der Waals surface area contributed by atoms with E-state index in [1.807, 2.05) is 6.07 Å². The molecule has 0 aromatic heterocycles. The molecule has 0 saturated carbocycles. The number of rotatable bonds is 5. The third-order valence-electron chi connectivity index (χ3n) is 3.89. The van der Waals surface area contributed by atoms with Crippen molar-refractivity contribution in [1.82, 2.24) is 4.90 Å². The van der Waals surface area contributed by atoms with Gasteiger partial charge in [0.25, 0.3) is 0 Å². The van der Waals surface area contributed by atoms with Crippen LogP contribution in [0.5, 0.6) is 5.75 Å². The van der Waals surface area contributed by atoms with Crippen molar-refractivity contribution in [2.75, 3.05) is 19.8 Å². The molecule has 21 heavy (non-hydrogen) atoms. The Balaban J connectivity index is 1.74. The minimum atomic E-state index is 0.683. The molecule has 3 nitrogen and oxygen atoms in total. The van der Waals surface area contributed by atoms with Gasteiger partial charge >= 0.3 is 0 Å². The van der Waals surface area contributed by atoms with Crippen LogP contribution in [0.2, 0.25) is 0 Å². The van der Waals surface area contributed by atoms with E-state index in [-0.39, 0.29) is 0 Å². The van der Waals surface area contributed by atoms with Gasteiger partial charge in [-0.1, -0.05) is 36.4 Å². The van der Waals surface area contributed by atoms with Gasteiger partial charge in [-0.05, 0) is 42.6 Å². The highest BCUT2D eigenvalue weighted by molar-refractivity contribution is 5.65. The first kappa shape index (κ1) is 14.1. The molecule has 0 radical (unpaired) electrons. The Morgan fingerprint density at radius 1 is 1.00 bits per heavy atom. The lowest BCUT2D eigenvalue weighted by atomic mass is 10.0. The van der Waals surface area contributed by atoms with E-state index in [2.05, 4.69) is 47.4 Å². The Morgan fingerprint density at radius 2 is 1.86 bits per heavy atom. The lowest BCUT2D eigenvalue weighted by Gasteiger charge is -2.29. The van der Waals surface area contributed by atoms with Crippen LogP contribution in [-0.4, -0.2) is 24.7 Å². The number of unbranched alkanes of at least 4 members (excludes halogenated alkanes) is 1. The second kappa shape index (κ2) is 6.74. The van der Waals surface area contributed by atoms with Gasteiger partial charge in [-0.2, -0.15) is 0 Å². The van der Waals surface area contributed by atoms with Gasteiger partial charge in [0.2, 0.25) is 0 Å². The summed E-state index contributed by atoms with van der Waals surface area (Å²) in [6.45, 7) is 3.46. The Bertz CT molecular complexity index is 583. The molecule has 1 heterocycles. The predicted molar refractivity (Wildman–Crippen MR) is 86.1 cm³/mol. The Hall–Kier alpha value is -1.84. The molecule has 2 aromatic rings. The number of fused-ring (bicyclic) bond motifs is 1. The van der Waals surface area contributed by atoms with Gasteiger partial charge in [0.05, 0.1) is 0 Å². The van der Waals surface area contributed by atoms with E-state index in [4.69, 9.17) is 10.5 Å². The number of hydrogen-bond donors (Lipinski definition) is 1. The highest BCUT2D eigenvalue weighted by Gasteiger charge is 2.17. The number of nitrogens with zero attached hydrogens (tertiary/aromatic N) is 1. The van der Waals surface area contributed by atoms with Crippen molar-refractivity contribution in [3.05, 3.63) is 54.1 Å². The summed E-state index contributed by atoms with van der Waals surface area (Å²) in [5.74, 6) is 1.02. The number of nitrogens with two attached hydrogens (primary N) is 1. The normalized spacial score (nSPS) is 14.5. The van der Waals surface area contributed by atoms with Crippen LogP contribution in [0, 0.1) is 0 Å². The van der Waals surface area contributed by atoms with Gasteiger partial charge < -0.3 is 10.5 Å². The van der Waals surface area contributed by atoms with E-state index < -0.39 is 0 Å². The van der Waals surface area contributed by atoms with Gasteiger partial charge in [0.1, 0.15) is 12.5 Å². The molecule has 3 heteroatoms. The fourth-order valence-corrected chi connectivity index (χ4v) is 2.72. The maximum absolute atomic E-state index is 5.85. The number of ether oxygens (including phenoxy) is 1. The fraction of sp³-hybridized carbons (Fsp3) is 0.333. The molecule has 1 aliphatic heterocycles. The van der Waals surface area contributed by atoms with E-state index in [1.165, 1.54) is 16.7 Å². The first-order valence-corrected chi connectivity index (χ1v) is 7.60. The molecular formula is C18H22N2O. The van der Waals surface area contributed by atoms with Crippen molar-refractivity contribution < 1.29 is 4.74 Å². The monoisotopic (exact) mass is 282 g/mol. The molecule has 0 aliphatic carbocycles. The molecule has 3 rings (SSSR count). The van der Waals surface area contributed by atoms with Crippen molar-refractivity contribution in [3.63, 3.8) is 0 Å². The standard InChI is InChI=1S/C18H22N2O/c19-10-4-5-11-20-13-17-12-16(8-9-18(17)21-14-20)15-6-2-1-3-7-15/h1-3,6-9,12H,4-5,10-11,13-14,19H2. The molecule has 0 atom stereocenters. The van der Waals surface area contributed by atoms with E-state index >= 15 is 0 Å². The van der Waals surface area contributed by atoms with Crippen molar-refractivity contribution >= 4 is 0 Å². The molecule has 0 saturated heterocycles. The SMILES string of the molecule is NCCCCN1COc2ccc(-c3ccccc3)cc2C1. The lowest BCUT2D eigenvalue weighted by molar-refractivity contribution is 0.0939. The Morgan fingerprint density at radius 3 is 2.67 bits per heavy atom. The summed E-state index contributed by atoms with van der Waals surface area (Å²) >= 11 is 0. The summed E-state index contributed by atoms with van der Waals surface area (Å²) in [5.41, 5.74) is 9.33. The zero-order valence-electron chi connectivity index (χ0n) is 12.3. The van der Waals surface area contributed by atoms with Crippen molar-refractivity contribution in [3.8, 4) is 16.9 Å². The van der Waals surface area contributed by atoms with Gasteiger partial charge in [-0.3, -0.25) is 4.90 Å². The molecule has 0 amide bonds. The molecule has 0 fully saturated rings. The van der Waals surface area contributed by atoms with E-state index in [0.717, 1.165) is 38.2 Å².